The Kier molecular flexibility index (Phi) is 2.35. The van der Waals surface area contributed by atoms with Crippen molar-refractivity contribution < 1.29 is 4.74 Å². The maximum atomic E-state index is 5.52. The third-order valence-corrected chi connectivity index (χ3v) is 2.44. The van der Waals surface area contributed by atoms with Gasteiger partial charge < -0.3 is 4.74 Å². The van der Waals surface area contributed by atoms with E-state index in [-0.39, 0.29) is 0 Å². The molecule has 0 unspecified atom stereocenters. The molecule has 0 saturated heterocycles. The standard InChI is InChI=1S/C12H14O/c1-10-12(8-5-9-13-10)11-6-3-2-4-7-11/h2-4,6-7H,5,8-9H2,1H3. The first-order chi connectivity index (χ1) is 6.38. The maximum Gasteiger partial charge on any atom is 0.0966 e. The number of hydrogen-bond acceptors (Lipinski definition) is 1. The zero-order valence-electron chi connectivity index (χ0n) is 7.92. The van der Waals surface area contributed by atoms with Crippen molar-refractivity contribution in [3.05, 3.63) is 41.7 Å². The van der Waals surface area contributed by atoms with Crippen molar-refractivity contribution in [1.82, 2.24) is 0 Å². The fourth-order valence-electron chi connectivity index (χ4n) is 1.72. The predicted octanol–water partition coefficient (Wildman–Crippen LogP) is 3.23. The number of allylic oxidation sites excluding steroid dienone is 2. The summed E-state index contributed by atoms with van der Waals surface area (Å²) in [5, 5.41) is 0. The second-order valence-electron chi connectivity index (χ2n) is 3.35. The monoisotopic (exact) mass is 174 g/mol. The number of rotatable bonds is 1. The Balaban J connectivity index is 2.35. The van der Waals surface area contributed by atoms with Crippen molar-refractivity contribution >= 4 is 5.57 Å². The van der Waals surface area contributed by atoms with Gasteiger partial charge in [0.25, 0.3) is 0 Å². The Morgan fingerprint density at radius 1 is 1.15 bits per heavy atom. The molecule has 0 spiro atoms. The lowest BCUT2D eigenvalue weighted by Crippen LogP contribution is -2.03. The van der Waals surface area contributed by atoms with Crippen molar-refractivity contribution in [2.45, 2.75) is 19.8 Å². The Morgan fingerprint density at radius 2 is 1.92 bits per heavy atom. The molecule has 1 aliphatic heterocycles. The topological polar surface area (TPSA) is 9.23 Å². The summed E-state index contributed by atoms with van der Waals surface area (Å²) in [7, 11) is 0. The summed E-state index contributed by atoms with van der Waals surface area (Å²) in [6.45, 7) is 2.93. The van der Waals surface area contributed by atoms with Gasteiger partial charge in [0.05, 0.1) is 12.4 Å². The number of hydrogen-bond donors (Lipinski definition) is 0. The molecule has 1 nitrogen and oxygen atoms in total. The normalized spacial score (nSPS) is 17.0. The molecule has 1 aromatic rings. The van der Waals surface area contributed by atoms with Gasteiger partial charge in [0.15, 0.2) is 0 Å². The highest BCUT2D eigenvalue weighted by Crippen LogP contribution is 2.27. The van der Waals surface area contributed by atoms with Gasteiger partial charge >= 0.3 is 0 Å². The van der Waals surface area contributed by atoms with E-state index in [1.807, 2.05) is 6.07 Å². The van der Waals surface area contributed by atoms with Gasteiger partial charge in [-0.1, -0.05) is 30.3 Å². The van der Waals surface area contributed by atoms with E-state index >= 15 is 0 Å². The molecule has 68 valence electrons. The highest BCUT2D eigenvalue weighted by atomic mass is 16.5. The molecule has 1 heterocycles. The van der Waals surface area contributed by atoms with Crippen LogP contribution < -0.4 is 0 Å². The SMILES string of the molecule is CC1=C(c2ccccc2)CCCO1. The minimum absolute atomic E-state index is 0.877. The summed E-state index contributed by atoms with van der Waals surface area (Å²) in [4.78, 5) is 0. The Labute approximate surface area is 79.0 Å². The van der Waals surface area contributed by atoms with E-state index in [1.54, 1.807) is 0 Å². The zero-order valence-corrected chi connectivity index (χ0v) is 7.92. The van der Waals surface area contributed by atoms with Crippen molar-refractivity contribution in [2.24, 2.45) is 0 Å². The zero-order chi connectivity index (χ0) is 9.10. The summed E-state index contributed by atoms with van der Waals surface area (Å²) >= 11 is 0. The lowest BCUT2D eigenvalue weighted by Gasteiger charge is -2.18. The molecule has 0 fully saturated rings. The van der Waals surface area contributed by atoms with E-state index in [0.717, 1.165) is 25.2 Å². The van der Waals surface area contributed by atoms with Crippen LogP contribution in [-0.4, -0.2) is 6.61 Å². The third kappa shape index (κ3) is 1.74. The quantitative estimate of drug-likeness (QED) is 0.635. The molecule has 0 aromatic heterocycles. The van der Waals surface area contributed by atoms with E-state index in [9.17, 15) is 0 Å². The summed E-state index contributed by atoms with van der Waals surface area (Å²) in [5.41, 5.74) is 2.67. The highest BCUT2D eigenvalue weighted by Gasteiger charge is 2.11. The molecule has 1 aliphatic rings. The van der Waals surface area contributed by atoms with Crippen LogP contribution >= 0.6 is 0 Å². The molecule has 0 saturated carbocycles. The first-order valence-electron chi connectivity index (χ1n) is 4.76. The second-order valence-corrected chi connectivity index (χ2v) is 3.35. The molecular weight excluding hydrogens is 160 g/mol. The molecule has 0 N–H and O–H groups in total. The van der Waals surface area contributed by atoms with Crippen LogP contribution in [0.4, 0.5) is 0 Å². The molecule has 0 amide bonds. The Bertz CT molecular complexity index is 311. The van der Waals surface area contributed by atoms with Gasteiger partial charge in [0.2, 0.25) is 0 Å². The molecule has 1 aromatic carbocycles. The Morgan fingerprint density at radius 3 is 2.62 bits per heavy atom. The van der Waals surface area contributed by atoms with Crippen LogP contribution in [0.15, 0.2) is 36.1 Å². The fraction of sp³-hybridized carbons (Fsp3) is 0.333. The van der Waals surface area contributed by atoms with Crippen molar-refractivity contribution in [2.75, 3.05) is 6.61 Å². The van der Waals surface area contributed by atoms with Crippen LogP contribution in [0.3, 0.4) is 0 Å². The average Bonchev–Trinajstić information content (AvgIpc) is 2.20. The highest BCUT2D eigenvalue weighted by molar-refractivity contribution is 5.67. The van der Waals surface area contributed by atoms with Gasteiger partial charge in [0.1, 0.15) is 0 Å². The molecule has 0 aliphatic carbocycles. The largest absolute Gasteiger partial charge is 0.498 e. The summed E-state index contributed by atoms with van der Waals surface area (Å²) in [6.07, 6.45) is 2.29. The van der Waals surface area contributed by atoms with E-state index < -0.39 is 0 Å². The minimum Gasteiger partial charge on any atom is -0.498 e. The first-order valence-corrected chi connectivity index (χ1v) is 4.76. The molecular formula is C12H14O. The first kappa shape index (κ1) is 8.36. The lowest BCUT2D eigenvalue weighted by molar-refractivity contribution is 0.200. The van der Waals surface area contributed by atoms with Crippen LogP contribution in [0.1, 0.15) is 25.3 Å². The summed E-state index contributed by atoms with van der Waals surface area (Å²) < 4.78 is 5.52. The van der Waals surface area contributed by atoms with Crippen molar-refractivity contribution in [1.29, 1.82) is 0 Å². The van der Waals surface area contributed by atoms with Crippen LogP contribution in [-0.2, 0) is 4.74 Å². The van der Waals surface area contributed by atoms with Crippen LogP contribution in [0.2, 0.25) is 0 Å². The van der Waals surface area contributed by atoms with Crippen LogP contribution in [0.5, 0.6) is 0 Å². The lowest BCUT2D eigenvalue weighted by atomic mass is 9.99. The molecule has 2 rings (SSSR count). The van der Waals surface area contributed by atoms with Crippen molar-refractivity contribution in [3.63, 3.8) is 0 Å². The van der Waals surface area contributed by atoms with E-state index in [0.29, 0.717) is 0 Å². The van der Waals surface area contributed by atoms with Gasteiger partial charge in [-0.2, -0.15) is 0 Å². The van der Waals surface area contributed by atoms with Gasteiger partial charge in [-0.05, 0) is 30.9 Å². The van der Waals surface area contributed by atoms with Gasteiger partial charge in [0, 0.05) is 0 Å². The van der Waals surface area contributed by atoms with Crippen LogP contribution in [0, 0.1) is 0 Å². The number of benzene rings is 1. The van der Waals surface area contributed by atoms with Gasteiger partial charge in [-0.15, -0.1) is 0 Å². The van der Waals surface area contributed by atoms with E-state index in [4.69, 9.17) is 4.74 Å². The third-order valence-electron chi connectivity index (χ3n) is 2.44. The van der Waals surface area contributed by atoms with Gasteiger partial charge in [-0.25, -0.2) is 0 Å². The molecule has 0 atom stereocenters. The van der Waals surface area contributed by atoms with E-state index in [1.165, 1.54) is 11.1 Å². The second kappa shape index (κ2) is 3.65. The summed E-state index contributed by atoms with van der Waals surface area (Å²) in [6, 6.07) is 10.5. The van der Waals surface area contributed by atoms with Crippen LogP contribution in [0.25, 0.3) is 5.57 Å². The Hall–Kier alpha value is -1.24. The maximum absolute atomic E-state index is 5.52. The van der Waals surface area contributed by atoms with Crippen molar-refractivity contribution in [3.8, 4) is 0 Å². The van der Waals surface area contributed by atoms with E-state index in [2.05, 4.69) is 31.2 Å². The fourth-order valence-corrected chi connectivity index (χ4v) is 1.72. The smallest absolute Gasteiger partial charge is 0.0966 e. The van der Waals surface area contributed by atoms with Gasteiger partial charge in [-0.3, -0.25) is 0 Å². The number of ether oxygens (including phenoxy) is 1. The molecule has 13 heavy (non-hydrogen) atoms. The molecule has 0 radical (unpaired) electrons. The molecule has 1 heteroatoms. The summed E-state index contributed by atoms with van der Waals surface area (Å²) in [5.74, 6) is 1.09. The molecule has 0 bridgehead atoms. The predicted molar refractivity (Wildman–Crippen MR) is 54.2 cm³/mol. The minimum atomic E-state index is 0.877. The average molecular weight is 174 g/mol.